The summed E-state index contributed by atoms with van der Waals surface area (Å²) in [4.78, 5) is 0. The highest BCUT2D eigenvalue weighted by molar-refractivity contribution is 5.83. The molecular weight excluding hydrogens is 150 g/mol. The van der Waals surface area contributed by atoms with E-state index in [1.807, 2.05) is 42.1 Å². The lowest BCUT2D eigenvalue weighted by Crippen LogP contribution is -1.81. The van der Waals surface area contributed by atoms with Crippen LogP contribution < -0.4 is 0 Å². The largest absolute Gasteiger partial charge is 0.350 e. The first-order valence-corrected chi connectivity index (χ1v) is 3.94. The van der Waals surface area contributed by atoms with E-state index in [4.69, 9.17) is 0 Å². The van der Waals surface area contributed by atoms with Crippen LogP contribution in [0, 0.1) is 0 Å². The summed E-state index contributed by atoms with van der Waals surface area (Å²) in [6.45, 7) is -0.138. The van der Waals surface area contributed by atoms with Crippen molar-refractivity contribution >= 4 is 10.9 Å². The average molecular weight is 160 g/mol. The Bertz CT molecular complexity index is 403. The van der Waals surface area contributed by atoms with Crippen molar-refractivity contribution < 1.29 is 5.11 Å². The molecule has 0 amide bonds. The molecule has 12 heavy (non-hydrogen) atoms. The Balaban J connectivity index is 2.82. The van der Waals surface area contributed by atoms with Crippen molar-refractivity contribution in [2.75, 3.05) is 0 Å². The van der Waals surface area contributed by atoms with Crippen LogP contribution >= 0.6 is 0 Å². The van der Waals surface area contributed by atoms with Gasteiger partial charge in [0.05, 0.1) is 0 Å². The maximum absolute atomic E-state index is 10.7. The molecule has 1 aromatic heterocycles. The molecule has 0 aliphatic rings. The Kier molecular flexibility index (Phi) is 1.62. The molecule has 0 unspecified atom stereocenters. The van der Waals surface area contributed by atoms with E-state index in [2.05, 4.69) is 0 Å². The van der Waals surface area contributed by atoms with Gasteiger partial charge in [0.15, 0.2) is 0 Å². The molecule has 61 valence electrons. The lowest BCUT2D eigenvalue weighted by molar-refractivity contribution is 0.178. The van der Waals surface area contributed by atoms with Gasteiger partial charge in [-0.2, -0.15) is 0 Å². The molecule has 0 aliphatic heterocycles. The second-order valence-corrected chi connectivity index (χ2v) is 2.93. The van der Waals surface area contributed by atoms with Crippen molar-refractivity contribution in [2.24, 2.45) is 7.05 Å². The van der Waals surface area contributed by atoms with Gasteiger partial charge in [-0.3, -0.25) is 0 Å². The first kappa shape index (κ1) is 7.37. The zero-order valence-corrected chi connectivity index (χ0v) is 6.95. The fourth-order valence-corrected chi connectivity index (χ4v) is 1.54. The van der Waals surface area contributed by atoms with E-state index in [1.165, 1.54) is 0 Å². The summed E-state index contributed by atoms with van der Waals surface area (Å²) in [5.74, 6) is 0. The van der Waals surface area contributed by atoms with Crippen LogP contribution in [0.3, 0.4) is 0 Å². The molecule has 1 radical (unpaired) electrons. The third-order valence-electron chi connectivity index (χ3n) is 2.13. The minimum Gasteiger partial charge on any atom is -0.350 e. The quantitative estimate of drug-likeness (QED) is 0.610. The smallest absolute Gasteiger partial charge is 0.109 e. The van der Waals surface area contributed by atoms with Crippen LogP contribution in [-0.2, 0) is 18.8 Å². The Morgan fingerprint density at radius 2 is 2.08 bits per heavy atom. The third-order valence-corrected chi connectivity index (χ3v) is 2.13. The van der Waals surface area contributed by atoms with Gasteiger partial charge >= 0.3 is 0 Å². The van der Waals surface area contributed by atoms with Crippen LogP contribution in [0.25, 0.3) is 10.9 Å². The summed E-state index contributed by atoms with van der Waals surface area (Å²) in [6.07, 6.45) is 1.90. The van der Waals surface area contributed by atoms with Crippen molar-refractivity contribution in [1.29, 1.82) is 0 Å². The predicted molar refractivity (Wildman–Crippen MR) is 47.3 cm³/mol. The van der Waals surface area contributed by atoms with Crippen LogP contribution in [-0.4, -0.2) is 4.57 Å². The first-order valence-electron chi connectivity index (χ1n) is 3.94. The molecule has 0 N–H and O–H groups in total. The molecule has 0 fully saturated rings. The van der Waals surface area contributed by atoms with Gasteiger partial charge in [0, 0.05) is 29.7 Å². The molecule has 0 saturated carbocycles. The van der Waals surface area contributed by atoms with E-state index in [-0.39, 0.29) is 6.61 Å². The van der Waals surface area contributed by atoms with Crippen molar-refractivity contribution in [3.63, 3.8) is 0 Å². The highest BCUT2D eigenvalue weighted by Crippen LogP contribution is 2.19. The van der Waals surface area contributed by atoms with Gasteiger partial charge in [0.1, 0.15) is 6.61 Å². The van der Waals surface area contributed by atoms with Crippen molar-refractivity contribution in [3.8, 4) is 0 Å². The maximum atomic E-state index is 10.7. The summed E-state index contributed by atoms with van der Waals surface area (Å²) < 4.78 is 1.99. The van der Waals surface area contributed by atoms with Gasteiger partial charge in [-0.25, -0.2) is 5.11 Å². The van der Waals surface area contributed by atoms with Gasteiger partial charge in [-0.05, 0) is 6.07 Å². The van der Waals surface area contributed by atoms with E-state index < -0.39 is 0 Å². The molecule has 2 aromatic rings. The second-order valence-electron chi connectivity index (χ2n) is 2.93. The number of benzene rings is 1. The van der Waals surface area contributed by atoms with Gasteiger partial charge < -0.3 is 4.57 Å². The molecule has 1 heterocycles. The zero-order valence-electron chi connectivity index (χ0n) is 6.95. The summed E-state index contributed by atoms with van der Waals surface area (Å²) in [5.41, 5.74) is 2.01. The highest BCUT2D eigenvalue weighted by atomic mass is 16.3. The lowest BCUT2D eigenvalue weighted by atomic mass is 10.2. The molecule has 2 rings (SSSR count). The summed E-state index contributed by atoms with van der Waals surface area (Å²) >= 11 is 0. The van der Waals surface area contributed by atoms with E-state index in [1.54, 1.807) is 0 Å². The fourth-order valence-electron chi connectivity index (χ4n) is 1.54. The van der Waals surface area contributed by atoms with Gasteiger partial charge in [0.2, 0.25) is 0 Å². The van der Waals surface area contributed by atoms with E-state index >= 15 is 0 Å². The molecular formula is C10H10NO. The first-order chi connectivity index (χ1) is 5.83. The number of hydrogen-bond acceptors (Lipinski definition) is 0. The SMILES string of the molecule is Cn1cc(C[O])c2ccccc21. The molecule has 0 saturated heterocycles. The van der Waals surface area contributed by atoms with Gasteiger partial charge in [-0.15, -0.1) is 0 Å². The molecule has 2 nitrogen and oxygen atoms in total. The van der Waals surface area contributed by atoms with Gasteiger partial charge in [0.25, 0.3) is 0 Å². The minimum absolute atomic E-state index is 0.138. The van der Waals surface area contributed by atoms with E-state index in [0.717, 1.165) is 16.5 Å². The van der Waals surface area contributed by atoms with Crippen LogP contribution in [0.2, 0.25) is 0 Å². The summed E-state index contributed by atoms with van der Waals surface area (Å²) in [7, 11) is 1.96. The number of rotatable bonds is 1. The van der Waals surface area contributed by atoms with E-state index in [0.29, 0.717) is 0 Å². The Morgan fingerprint density at radius 1 is 1.33 bits per heavy atom. The maximum Gasteiger partial charge on any atom is 0.109 e. The number of aryl methyl sites for hydroxylation is 1. The predicted octanol–water partition coefficient (Wildman–Crippen LogP) is 2.11. The summed E-state index contributed by atoms with van der Waals surface area (Å²) in [5, 5.41) is 11.8. The number of para-hydroxylation sites is 1. The molecule has 0 atom stereocenters. The molecule has 2 heteroatoms. The second kappa shape index (κ2) is 2.64. The van der Waals surface area contributed by atoms with E-state index in [9.17, 15) is 5.11 Å². The number of hydrogen-bond donors (Lipinski definition) is 0. The Labute approximate surface area is 71.1 Å². The van der Waals surface area contributed by atoms with Gasteiger partial charge in [-0.1, -0.05) is 18.2 Å². The van der Waals surface area contributed by atoms with Crippen molar-refractivity contribution in [2.45, 2.75) is 6.61 Å². The van der Waals surface area contributed by atoms with Crippen LogP contribution in [0.15, 0.2) is 30.5 Å². The third kappa shape index (κ3) is 0.924. The molecule has 0 aliphatic carbocycles. The van der Waals surface area contributed by atoms with Crippen molar-refractivity contribution in [1.82, 2.24) is 4.57 Å². The minimum atomic E-state index is -0.138. The number of fused-ring (bicyclic) bond motifs is 1. The highest BCUT2D eigenvalue weighted by Gasteiger charge is 2.03. The van der Waals surface area contributed by atoms with Crippen LogP contribution in [0.1, 0.15) is 5.56 Å². The zero-order chi connectivity index (χ0) is 8.55. The molecule has 0 bridgehead atoms. The Hall–Kier alpha value is -1.28. The average Bonchev–Trinajstić information content (AvgIpc) is 2.44. The fraction of sp³-hybridized carbons (Fsp3) is 0.200. The molecule has 1 aromatic carbocycles. The standard InChI is InChI=1S/C10H10NO/c1-11-6-8(7-12)9-4-2-3-5-10(9)11/h2-6H,7H2,1H3. The normalized spacial score (nSPS) is 10.8. The summed E-state index contributed by atoms with van der Waals surface area (Å²) in [6, 6.07) is 7.95. The monoisotopic (exact) mass is 160 g/mol. The Morgan fingerprint density at radius 3 is 2.83 bits per heavy atom. The van der Waals surface area contributed by atoms with Crippen LogP contribution in [0.5, 0.6) is 0 Å². The van der Waals surface area contributed by atoms with Crippen molar-refractivity contribution in [3.05, 3.63) is 36.0 Å². The topological polar surface area (TPSA) is 24.8 Å². The number of aromatic nitrogens is 1. The number of nitrogens with zero attached hydrogens (tertiary/aromatic N) is 1. The van der Waals surface area contributed by atoms with Crippen LogP contribution in [0.4, 0.5) is 0 Å². The lowest BCUT2D eigenvalue weighted by Gasteiger charge is -1.92. The molecule has 0 spiro atoms.